The van der Waals surface area contributed by atoms with Crippen molar-refractivity contribution >= 4 is 11.9 Å². The van der Waals surface area contributed by atoms with Crippen molar-refractivity contribution in [2.45, 2.75) is 19.9 Å². The average Bonchev–Trinajstić information content (AvgIpc) is 2.37. The van der Waals surface area contributed by atoms with Gasteiger partial charge in [0, 0.05) is 11.4 Å². The van der Waals surface area contributed by atoms with Gasteiger partial charge in [-0.15, -0.1) is 0 Å². The number of hydrogen-bond acceptors (Lipinski definition) is 4. The molecule has 3 N–H and O–H groups in total. The molecular formula is C14H16N4O. The number of rotatable bonds is 3. The molecule has 1 amide bonds. The Morgan fingerprint density at radius 3 is 2.32 bits per heavy atom. The first-order valence-electron chi connectivity index (χ1n) is 6.00. The van der Waals surface area contributed by atoms with E-state index >= 15 is 0 Å². The van der Waals surface area contributed by atoms with E-state index in [1.54, 1.807) is 0 Å². The molecular weight excluding hydrogens is 240 g/mol. The van der Waals surface area contributed by atoms with Crippen molar-refractivity contribution in [1.82, 2.24) is 9.97 Å². The Balaban J connectivity index is 2.13. The van der Waals surface area contributed by atoms with Crippen LogP contribution < -0.4 is 11.1 Å². The summed E-state index contributed by atoms with van der Waals surface area (Å²) >= 11 is 0. The van der Waals surface area contributed by atoms with Gasteiger partial charge in [-0.1, -0.05) is 30.3 Å². The third kappa shape index (κ3) is 3.35. The number of nitrogens with one attached hydrogen (secondary N) is 1. The molecule has 0 unspecified atom stereocenters. The smallest absolute Gasteiger partial charge is 0.248 e. The van der Waals surface area contributed by atoms with Crippen molar-refractivity contribution in [3.8, 4) is 0 Å². The fraction of sp³-hybridized carbons (Fsp3) is 0.214. The van der Waals surface area contributed by atoms with Gasteiger partial charge in [0.05, 0.1) is 0 Å². The van der Waals surface area contributed by atoms with Crippen molar-refractivity contribution in [2.24, 2.45) is 5.73 Å². The number of carbonyl (C=O) groups is 1. The first-order valence-corrected chi connectivity index (χ1v) is 6.00. The molecule has 2 rings (SSSR count). The van der Waals surface area contributed by atoms with E-state index in [1.807, 2.05) is 50.2 Å². The molecule has 19 heavy (non-hydrogen) atoms. The van der Waals surface area contributed by atoms with Crippen molar-refractivity contribution in [3.05, 3.63) is 53.3 Å². The van der Waals surface area contributed by atoms with Crippen LogP contribution in [0.4, 0.5) is 5.95 Å². The van der Waals surface area contributed by atoms with Crippen LogP contribution in [0, 0.1) is 13.8 Å². The van der Waals surface area contributed by atoms with Gasteiger partial charge >= 0.3 is 0 Å². The SMILES string of the molecule is Cc1cc(C)nc(NC(=O)[C@@H](N)c2ccccc2)n1. The van der Waals surface area contributed by atoms with E-state index in [4.69, 9.17) is 5.73 Å². The van der Waals surface area contributed by atoms with E-state index in [-0.39, 0.29) is 11.9 Å². The number of benzene rings is 1. The lowest BCUT2D eigenvalue weighted by molar-refractivity contribution is -0.117. The number of aryl methyl sites for hydroxylation is 2. The van der Waals surface area contributed by atoms with Gasteiger partial charge in [-0.05, 0) is 25.5 Å². The van der Waals surface area contributed by atoms with Crippen LogP contribution in [-0.2, 0) is 4.79 Å². The molecule has 98 valence electrons. The molecule has 0 radical (unpaired) electrons. The topological polar surface area (TPSA) is 80.9 Å². The summed E-state index contributed by atoms with van der Waals surface area (Å²) < 4.78 is 0. The Morgan fingerprint density at radius 1 is 1.16 bits per heavy atom. The Hall–Kier alpha value is -2.27. The van der Waals surface area contributed by atoms with Crippen molar-refractivity contribution in [2.75, 3.05) is 5.32 Å². The average molecular weight is 256 g/mol. The Bertz CT molecular complexity index is 563. The van der Waals surface area contributed by atoms with Crippen molar-refractivity contribution < 1.29 is 4.79 Å². The van der Waals surface area contributed by atoms with Gasteiger partial charge < -0.3 is 5.73 Å². The van der Waals surface area contributed by atoms with Crippen LogP contribution in [-0.4, -0.2) is 15.9 Å². The number of nitrogens with two attached hydrogens (primary N) is 1. The molecule has 1 atom stereocenters. The highest BCUT2D eigenvalue weighted by Crippen LogP contribution is 2.12. The second-order valence-electron chi connectivity index (χ2n) is 4.35. The summed E-state index contributed by atoms with van der Waals surface area (Å²) in [5.74, 6) is -0.0370. The summed E-state index contributed by atoms with van der Waals surface area (Å²) in [5.41, 5.74) is 8.25. The first-order chi connectivity index (χ1) is 9.06. The van der Waals surface area contributed by atoms with Crippen molar-refractivity contribution in [1.29, 1.82) is 0 Å². The van der Waals surface area contributed by atoms with Crippen LogP contribution in [0.25, 0.3) is 0 Å². The van der Waals surface area contributed by atoms with Gasteiger partial charge in [-0.2, -0.15) is 0 Å². The molecule has 1 heterocycles. The normalized spacial score (nSPS) is 11.9. The summed E-state index contributed by atoms with van der Waals surface area (Å²) in [6.07, 6.45) is 0. The number of hydrogen-bond donors (Lipinski definition) is 2. The Kier molecular flexibility index (Phi) is 3.87. The van der Waals surface area contributed by atoms with E-state index in [0.717, 1.165) is 17.0 Å². The lowest BCUT2D eigenvalue weighted by Crippen LogP contribution is -2.28. The van der Waals surface area contributed by atoms with Crippen LogP contribution in [0.2, 0.25) is 0 Å². The van der Waals surface area contributed by atoms with Gasteiger partial charge in [0.2, 0.25) is 11.9 Å². The van der Waals surface area contributed by atoms with Gasteiger partial charge in [0.15, 0.2) is 0 Å². The summed E-state index contributed by atoms with van der Waals surface area (Å²) in [6.45, 7) is 3.70. The maximum absolute atomic E-state index is 12.0. The predicted molar refractivity (Wildman–Crippen MR) is 73.5 cm³/mol. The molecule has 0 saturated heterocycles. The summed E-state index contributed by atoms with van der Waals surface area (Å²) in [7, 11) is 0. The molecule has 1 aromatic carbocycles. The molecule has 1 aromatic heterocycles. The quantitative estimate of drug-likeness (QED) is 0.876. The van der Waals surface area contributed by atoms with E-state index < -0.39 is 6.04 Å². The van der Waals surface area contributed by atoms with Gasteiger partial charge in [0.25, 0.3) is 0 Å². The second kappa shape index (κ2) is 5.58. The third-order valence-electron chi connectivity index (χ3n) is 2.66. The van der Waals surface area contributed by atoms with E-state index in [0.29, 0.717) is 0 Å². The number of aromatic nitrogens is 2. The molecule has 0 fully saturated rings. The number of carbonyl (C=O) groups excluding carboxylic acids is 1. The zero-order valence-electron chi connectivity index (χ0n) is 10.9. The summed E-state index contributed by atoms with van der Waals surface area (Å²) in [5, 5.41) is 2.64. The fourth-order valence-electron chi connectivity index (χ4n) is 1.78. The van der Waals surface area contributed by atoms with E-state index in [9.17, 15) is 4.79 Å². The standard InChI is InChI=1S/C14H16N4O/c1-9-8-10(2)17-14(16-9)18-13(19)12(15)11-6-4-3-5-7-11/h3-8,12H,15H2,1-2H3,(H,16,17,18,19)/t12-/m0/s1. The fourth-order valence-corrected chi connectivity index (χ4v) is 1.78. The minimum absolute atomic E-state index is 0.286. The Labute approximate surface area is 111 Å². The second-order valence-corrected chi connectivity index (χ2v) is 4.35. The van der Waals surface area contributed by atoms with Crippen molar-refractivity contribution in [3.63, 3.8) is 0 Å². The number of nitrogens with zero attached hydrogens (tertiary/aromatic N) is 2. The zero-order chi connectivity index (χ0) is 13.8. The highest BCUT2D eigenvalue weighted by Gasteiger charge is 2.16. The maximum Gasteiger partial charge on any atom is 0.248 e. The van der Waals surface area contributed by atoms with Crippen LogP contribution in [0.3, 0.4) is 0 Å². The Morgan fingerprint density at radius 2 is 1.74 bits per heavy atom. The minimum atomic E-state index is -0.731. The molecule has 5 heteroatoms. The third-order valence-corrected chi connectivity index (χ3v) is 2.66. The van der Waals surface area contributed by atoms with Crippen LogP contribution in [0.1, 0.15) is 23.0 Å². The largest absolute Gasteiger partial charge is 0.316 e. The number of amides is 1. The van der Waals surface area contributed by atoms with Gasteiger partial charge in [0.1, 0.15) is 6.04 Å². The lowest BCUT2D eigenvalue weighted by Gasteiger charge is -2.12. The summed E-state index contributed by atoms with van der Waals surface area (Å²) in [6, 6.07) is 10.3. The zero-order valence-corrected chi connectivity index (χ0v) is 10.9. The molecule has 2 aromatic rings. The molecule has 0 spiro atoms. The monoisotopic (exact) mass is 256 g/mol. The predicted octanol–water partition coefficient (Wildman–Crippen LogP) is 1.73. The van der Waals surface area contributed by atoms with Gasteiger partial charge in [-0.3, -0.25) is 10.1 Å². The van der Waals surface area contributed by atoms with E-state index in [1.165, 1.54) is 0 Å². The van der Waals surface area contributed by atoms with Crippen LogP contribution in [0.5, 0.6) is 0 Å². The first kappa shape index (κ1) is 13.2. The molecule has 0 bridgehead atoms. The minimum Gasteiger partial charge on any atom is -0.316 e. The lowest BCUT2D eigenvalue weighted by atomic mass is 10.1. The highest BCUT2D eigenvalue weighted by atomic mass is 16.2. The van der Waals surface area contributed by atoms with E-state index in [2.05, 4.69) is 15.3 Å². The molecule has 5 nitrogen and oxygen atoms in total. The van der Waals surface area contributed by atoms with Gasteiger partial charge in [-0.25, -0.2) is 9.97 Å². The maximum atomic E-state index is 12.0. The number of anilines is 1. The summed E-state index contributed by atoms with van der Waals surface area (Å²) in [4.78, 5) is 20.3. The molecule has 0 aliphatic rings. The molecule has 0 saturated carbocycles. The molecule has 0 aliphatic carbocycles. The highest BCUT2D eigenvalue weighted by molar-refractivity contribution is 5.93. The van der Waals surface area contributed by atoms with Crippen LogP contribution in [0.15, 0.2) is 36.4 Å². The molecule has 0 aliphatic heterocycles. The van der Waals surface area contributed by atoms with Crippen LogP contribution >= 0.6 is 0 Å².